The molecule has 9 heteroatoms. The van der Waals surface area contributed by atoms with E-state index in [9.17, 15) is 9.59 Å². The molecule has 0 saturated carbocycles. The van der Waals surface area contributed by atoms with Gasteiger partial charge in [0.05, 0.1) is 29.3 Å². The summed E-state index contributed by atoms with van der Waals surface area (Å²) in [6.45, 7) is 2.76. The van der Waals surface area contributed by atoms with E-state index < -0.39 is 5.97 Å². The number of methoxy groups -OCH3 is 1. The van der Waals surface area contributed by atoms with Gasteiger partial charge in [-0.2, -0.15) is 0 Å². The van der Waals surface area contributed by atoms with Crippen LogP contribution in [-0.2, 0) is 17.0 Å². The van der Waals surface area contributed by atoms with Crippen molar-refractivity contribution >= 4 is 28.6 Å². The highest BCUT2D eigenvalue weighted by Gasteiger charge is 2.11. The maximum Gasteiger partial charge on any atom is 0.337 e. The molecule has 0 atom stereocenters. The fraction of sp³-hybridized carbons (Fsp3) is 0.267. The van der Waals surface area contributed by atoms with Gasteiger partial charge in [-0.3, -0.25) is 4.79 Å². The Morgan fingerprint density at radius 1 is 1.42 bits per heavy atom. The number of hydrogen-bond acceptors (Lipinski definition) is 7. The van der Waals surface area contributed by atoms with Crippen LogP contribution in [0.1, 0.15) is 23.1 Å². The number of hydrogen-bond donors (Lipinski definition) is 1. The normalized spacial score (nSPS) is 10.9. The van der Waals surface area contributed by atoms with Crippen molar-refractivity contribution in [3.63, 3.8) is 0 Å². The van der Waals surface area contributed by atoms with Gasteiger partial charge in [-0.05, 0) is 25.1 Å². The number of aryl methyl sites for hydroxylation is 1. The second kappa shape index (κ2) is 6.83. The maximum absolute atomic E-state index is 12.2. The lowest BCUT2D eigenvalue weighted by Crippen LogP contribution is -2.12. The van der Waals surface area contributed by atoms with Crippen molar-refractivity contribution in [3.8, 4) is 0 Å². The molecule has 3 rings (SSSR count). The number of nitrogens with zero attached hydrogens (tertiary/aromatic N) is 4. The molecule has 0 fully saturated rings. The van der Waals surface area contributed by atoms with E-state index in [4.69, 9.17) is 4.74 Å². The largest absolute Gasteiger partial charge is 0.465 e. The van der Waals surface area contributed by atoms with Crippen LogP contribution in [0.15, 0.2) is 34.5 Å². The monoisotopic (exact) mass is 345 g/mol. The van der Waals surface area contributed by atoms with E-state index in [1.54, 1.807) is 24.5 Å². The number of benzene rings is 1. The average molecular weight is 345 g/mol. The second-order valence-corrected chi connectivity index (χ2v) is 5.87. The summed E-state index contributed by atoms with van der Waals surface area (Å²) in [4.78, 5) is 31.0. The highest BCUT2D eigenvalue weighted by atomic mass is 32.2. The highest BCUT2D eigenvalue weighted by Crippen LogP contribution is 2.19. The van der Waals surface area contributed by atoms with Crippen LogP contribution < -0.4 is 5.56 Å². The van der Waals surface area contributed by atoms with E-state index in [1.165, 1.54) is 18.9 Å². The Kier molecular flexibility index (Phi) is 4.61. The first-order chi connectivity index (χ1) is 11.6. The maximum atomic E-state index is 12.2. The molecule has 0 unspecified atom stereocenters. The molecule has 124 valence electrons. The molecule has 2 heterocycles. The lowest BCUT2D eigenvalue weighted by atomic mass is 10.1. The number of esters is 1. The van der Waals surface area contributed by atoms with Crippen molar-refractivity contribution in [2.24, 2.45) is 0 Å². The van der Waals surface area contributed by atoms with Crippen LogP contribution in [0.25, 0.3) is 10.9 Å². The summed E-state index contributed by atoms with van der Waals surface area (Å²) in [5, 5.41) is 9.07. The zero-order valence-corrected chi connectivity index (χ0v) is 14.0. The summed E-state index contributed by atoms with van der Waals surface area (Å²) in [5.41, 5.74) is 0.561. The molecule has 3 aromatic rings. The summed E-state index contributed by atoms with van der Waals surface area (Å²) >= 11 is 1.43. The number of carbonyl (C=O) groups excluding carboxylic acids is 1. The minimum Gasteiger partial charge on any atom is -0.465 e. The van der Waals surface area contributed by atoms with Gasteiger partial charge in [0.2, 0.25) is 0 Å². The number of aromatic amines is 1. The van der Waals surface area contributed by atoms with Gasteiger partial charge in [0.1, 0.15) is 12.2 Å². The minimum atomic E-state index is -0.467. The van der Waals surface area contributed by atoms with Crippen LogP contribution in [0.2, 0.25) is 0 Å². The highest BCUT2D eigenvalue weighted by molar-refractivity contribution is 7.98. The van der Waals surface area contributed by atoms with Crippen LogP contribution in [0.3, 0.4) is 0 Å². The summed E-state index contributed by atoms with van der Waals surface area (Å²) in [6, 6.07) is 4.67. The molecule has 8 nitrogen and oxygen atoms in total. The van der Waals surface area contributed by atoms with Crippen molar-refractivity contribution in [2.45, 2.75) is 24.4 Å². The number of nitrogens with one attached hydrogen (secondary N) is 1. The molecule has 0 radical (unpaired) electrons. The van der Waals surface area contributed by atoms with Crippen LogP contribution in [-0.4, -0.2) is 37.8 Å². The Balaban J connectivity index is 1.91. The standard InChI is InChI=1S/C15H15N5O3S/c1-3-20-8-16-19-15(20)24-7-12-17-11-6-9(14(22)23-2)4-5-10(11)13(21)18-12/h4-6,8H,3,7H2,1-2H3,(H,17,18,21). The topological polar surface area (TPSA) is 103 Å². The summed E-state index contributed by atoms with van der Waals surface area (Å²) < 4.78 is 6.59. The Morgan fingerprint density at radius 3 is 3.00 bits per heavy atom. The number of aromatic nitrogens is 5. The van der Waals surface area contributed by atoms with Crippen LogP contribution in [0.4, 0.5) is 0 Å². The lowest BCUT2D eigenvalue weighted by molar-refractivity contribution is 0.0601. The first-order valence-electron chi connectivity index (χ1n) is 7.24. The third kappa shape index (κ3) is 3.16. The first-order valence-corrected chi connectivity index (χ1v) is 8.22. The van der Waals surface area contributed by atoms with E-state index in [1.807, 2.05) is 11.5 Å². The summed E-state index contributed by atoms with van der Waals surface area (Å²) in [6.07, 6.45) is 1.65. The molecule has 0 aliphatic rings. The smallest absolute Gasteiger partial charge is 0.337 e. The summed E-state index contributed by atoms with van der Waals surface area (Å²) in [5.74, 6) is 0.475. The molecule has 0 spiro atoms. The van der Waals surface area contributed by atoms with Gasteiger partial charge in [-0.15, -0.1) is 10.2 Å². The number of fused-ring (bicyclic) bond motifs is 1. The third-order valence-corrected chi connectivity index (χ3v) is 4.43. The molecule has 0 aliphatic carbocycles. The number of rotatable bonds is 5. The fourth-order valence-corrected chi connectivity index (χ4v) is 3.06. The summed E-state index contributed by atoms with van der Waals surface area (Å²) in [7, 11) is 1.31. The van der Waals surface area contributed by atoms with E-state index >= 15 is 0 Å². The zero-order valence-electron chi connectivity index (χ0n) is 13.1. The van der Waals surface area contributed by atoms with Gasteiger partial charge in [-0.1, -0.05) is 11.8 Å². The molecular formula is C15H15N5O3S. The minimum absolute atomic E-state index is 0.246. The Bertz CT molecular complexity index is 950. The van der Waals surface area contributed by atoms with E-state index in [0.29, 0.717) is 28.0 Å². The van der Waals surface area contributed by atoms with E-state index in [0.717, 1.165) is 11.7 Å². The number of thioether (sulfide) groups is 1. The first kappa shape index (κ1) is 16.2. The Hall–Kier alpha value is -2.68. The average Bonchev–Trinajstić information content (AvgIpc) is 3.06. The van der Waals surface area contributed by atoms with Gasteiger partial charge < -0.3 is 14.3 Å². The number of H-pyrrole nitrogens is 1. The number of ether oxygens (including phenoxy) is 1. The Labute approximate surface area is 141 Å². The van der Waals surface area contributed by atoms with Gasteiger partial charge in [0, 0.05) is 6.54 Å². The molecule has 1 aromatic carbocycles. The van der Waals surface area contributed by atoms with Crippen LogP contribution >= 0.6 is 11.8 Å². The van der Waals surface area contributed by atoms with Gasteiger partial charge in [0.25, 0.3) is 5.56 Å². The quantitative estimate of drug-likeness (QED) is 0.553. The molecule has 2 aromatic heterocycles. The van der Waals surface area contributed by atoms with Gasteiger partial charge in [-0.25, -0.2) is 9.78 Å². The van der Waals surface area contributed by atoms with Crippen molar-refractivity contribution in [1.29, 1.82) is 0 Å². The SMILES string of the molecule is CCn1cnnc1SCc1nc2cc(C(=O)OC)ccc2c(=O)[nH]1. The molecule has 0 amide bonds. The van der Waals surface area contributed by atoms with Crippen molar-refractivity contribution in [1.82, 2.24) is 24.7 Å². The van der Waals surface area contributed by atoms with Crippen LogP contribution in [0, 0.1) is 0 Å². The van der Waals surface area contributed by atoms with E-state index in [2.05, 4.69) is 20.2 Å². The molecule has 24 heavy (non-hydrogen) atoms. The van der Waals surface area contributed by atoms with Crippen molar-refractivity contribution in [2.75, 3.05) is 7.11 Å². The molecule has 0 saturated heterocycles. The molecule has 1 N–H and O–H groups in total. The van der Waals surface area contributed by atoms with Crippen molar-refractivity contribution < 1.29 is 9.53 Å². The zero-order chi connectivity index (χ0) is 17.1. The molecule has 0 aliphatic heterocycles. The van der Waals surface area contributed by atoms with Gasteiger partial charge in [0.15, 0.2) is 5.16 Å². The predicted octanol–water partition coefficient (Wildman–Crippen LogP) is 1.61. The molecule has 0 bridgehead atoms. The van der Waals surface area contributed by atoms with Crippen molar-refractivity contribution in [3.05, 3.63) is 46.3 Å². The second-order valence-electron chi connectivity index (χ2n) is 4.92. The number of carbonyl (C=O) groups is 1. The fourth-order valence-electron chi connectivity index (χ4n) is 2.21. The van der Waals surface area contributed by atoms with Gasteiger partial charge >= 0.3 is 5.97 Å². The van der Waals surface area contributed by atoms with E-state index in [-0.39, 0.29) is 5.56 Å². The predicted molar refractivity (Wildman–Crippen MR) is 89.0 cm³/mol. The third-order valence-electron chi connectivity index (χ3n) is 3.44. The van der Waals surface area contributed by atoms with Crippen LogP contribution in [0.5, 0.6) is 0 Å². The lowest BCUT2D eigenvalue weighted by Gasteiger charge is -2.05. The Morgan fingerprint density at radius 2 is 2.25 bits per heavy atom. The molecular weight excluding hydrogens is 330 g/mol.